The number of halogens is 2. The molecule has 192 valence electrons. The summed E-state index contributed by atoms with van der Waals surface area (Å²) in [5.41, 5.74) is 0.854. The molecule has 1 aromatic carbocycles. The number of carbonyl (C=O) groups excluding carboxylic acids is 2. The topological polar surface area (TPSA) is 111 Å². The Labute approximate surface area is 206 Å². The summed E-state index contributed by atoms with van der Waals surface area (Å²) in [7, 11) is 1.55. The van der Waals surface area contributed by atoms with Gasteiger partial charge in [-0.2, -0.15) is 0 Å². The lowest BCUT2D eigenvalue weighted by Gasteiger charge is -2.32. The first kappa shape index (κ1) is 25.4. The standard InChI is InChI=1S/C24H28F2N6O4/c1-4-27-23(33)17-6-5-16(21(25)22(17)26)18-11-19-20(12-28-18)32(30-29-19)15-7-9-31(10-8-15)24(34)36-14(2)13-35-3/h5-6,11-12,14-15H,4,7-10,13H2,1-3H3,(H,27,33). The number of aromatic nitrogens is 4. The molecule has 1 unspecified atom stereocenters. The largest absolute Gasteiger partial charge is 0.444 e. The highest BCUT2D eigenvalue weighted by Crippen LogP contribution is 2.29. The number of hydrogen-bond donors (Lipinski definition) is 1. The zero-order valence-electron chi connectivity index (χ0n) is 20.3. The smallest absolute Gasteiger partial charge is 0.410 e. The summed E-state index contributed by atoms with van der Waals surface area (Å²) in [6.45, 7) is 5.09. The highest BCUT2D eigenvalue weighted by molar-refractivity contribution is 5.95. The van der Waals surface area contributed by atoms with Gasteiger partial charge in [0.25, 0.3) is 5.91 Å². The van der Waals surface area contributed by atoms with E-state index in [1.54, 1.807) is 30.5 Å². The minimum atomic E-state index is -1.23. The maximum atomic E-state index is 14.8. The van der Waals surface area contributed by atoms with Gasteiger partial charge in [0.15, 0.2) is 11.6 Å². The van der Waals surface area contributed by atoms with Crippen LogP contribution in [0.4, 0.5) is 13.6 Å². The summed E-state index contributed by atoms with van der Waals surface area (Å²) in [6, 6.07) is 4.08. The lowest BCUT2D eigenvalue weighted by atomic mass is 10.0. The van der Waals surface area contributed by atoms with Crippen molar-refractivity contribution in [2.75, 3.05) is 33.4 Å². The normalized spacial score (nSPS) is 15.2. The van der Waals surface area contributed by atoms with Gasteiger partial charge < -0.3 is 19.7 Å². The molecule has 0 bridgehead atoms. The van der Waals surface area contributed by atoms with E-state index in [9.17, 15) is 18.4 Å². The summed E-state index contributed by atoms with van der Waals surface area (Å²) in [5, 5.41) is 10.9. The van der Waals surface area contributed by atoms with Crippen LogP contribution in [0.5, 0.6) is 0 Å². The van der Waals surface area contributed by atoms with Crippen molar-refractivity contribution < 1.29 is 27.8 Å². The molecule has 0 aliphatic carbocycles. The number of likely N-dealkylation sites (tertiary alicyclic amines) is 1. The zero-order chi connectivity index (χ0) is 25.8. The highest BCUT2D eigenvalue weighted by Gasteiger charge is 2.28. The number of pyridine rings is 1. The van der Waals surface area contributed by atoms with Gasteiger partial charge in [0, 0.05) is 32.3 Å². The molecule has 1 aliphatic rings. The Morgan fingerprint density at radius 3 is 2.67 bits per heavy atom. The number of benzene rings is 1. The molecule has 1 saturated heterocycles. The average molecular weight is 503 g/mol. The van der Waals surface area contributed by atoms with Gasteiger partial charge >= 0.3 is 6.09 Å². The lowest BCUT2D eigenvalue weighted by molar-refractivity contribution is 0.0231. The van der Waals surface area contributed by atoms with Crippen LogP contribution in [0.15, 0.2) is 24.4 Å². The van der Waals surface area contributed by atoms with Crippen LogP contribution in [0.2, 0.25) is 0 Å². The molecule has 4 rings (SSSR count). The monoisotopic (exact) mass is 502 g/mol. The van der Waals surface area contributed by atoms with Crippen molar-refractivity contribution in [3.63, 3.8) is 0 Å². The number of methoxy groups -OCH3 is 1. The molecule has 0 saturated carbocycles. The fourth-order valence-corrected chi connectivity index (χ4v) is 4.24. The van der Waals surface area contributed by atoms with Crippen molar-refractivity contribution in [2.24, 2.45) is 0 Å². The van der Waals surface area contributed by atoms with Crippen LogP contribution >= 0.6 is 0 Å². The molecule has 1 aliphatic heterocycles. The second-order valence-electron chi connectivity index (χ2n) is 8.61. The number of piperidine rings is 1. The van der Waals surface area contributed by atoms with Gasteiger partial charge in [-0.15, -0.1) is 5.10 Å². The number of rotatable bonds is 7. The van der Waals surface area contributed by atoms with Crippen molar-refractivity contribution in [2.45, 2.75) is 38.8 Å². The number of amides is 2. The van der Waals surface area contributed by atoms with Crippen molar-refractivity contribution >= 4 is 23.0 Å². The number of ether oxygens (including phenoxy) is 2. The fraction of sp³-hybridized carbons (Fsp3) is 0.458. The zero-order valence-corrected chi connectivity index (χ0v) is 20.3. The highest BCUT2D eigenvalue weighted by atomic mass is 19.2. The van der Waals surface area contributed by atoms with Gasteiger partial charge in [0.05, 0.1) is 30.1 Å². The van der Waals surface area contributed by atoms with Crippen molar-refractivity contribution in [3.8, 4) is 11.3 Å². The molecule has 3 aromatic rings. The van der Waals surface area contributed by atoms with E-state index in [1.165, 1.54) is 24.4 Å². The van der Waals surface area contributed by atoms with E-state index in [4.69, 9.17) is 9.47 Å². The number of nitrogens with one attached hydrogen (secondary N) is 1. The second-order valence-corrected chi connectivity index (χ2v) is 8.61. The average Bonchev–Trinajstić information content (AvgIpc) is 3.29. The third kappa shape index (κ3) is 5.13. The Balaban J connectivity index is 1.49. The predicted octanol–water partition coefficient (Wildman–Crippen LogP) is 3.33. The first-order valence-corrected chi connectivity index (χ1v) is 11.8. The lowest BCUT2D eigenvalue weighted by Crippen LogP contribution is -2.41. The number of nitrogens with zero attached hydrogens (tertiary/aromatic N) is 5. The van der Waals surface area contributed by atoms with Gasteiger partial charge in [-0.25, -0.2) is 18.3 Å². The molecule has 0 radical (unpaired) electrons. The van der Waals surface area contributed by atoms with E-state index in [-0.39, 0.29) is 35.1 Å². The minimum absolute atomic E-state index is 0.00589. The summed E-state index contributed by atoms with van der Waals surface area (Å²) in [5.74, 6) is -3.07. The van der Waals surface area contributed by atoms with Gasteiger partial charge in [-0.05, 0) is 44.9 Å². The maximum absolute atomic E-state index is 14.8. The van der Waals surface area contributed by atoms with E-state index in [1.807, 2.05) is 0 Å². The van der Waals surface area contributed by atoms with Crippen LogP contribution in [-0.2, 0) is 9.47 Å². The Morgan fingerprint density at radius 1 is 1.22 bits per heavy atom. The molecule has 1 fully saturated rings. The Bertz CT molecular complexity index is 1260. The second kappa shape index (κ2) is 10.9. The van der Waals surface area contributed by atoms with Crippen LogP contribution in [0, 0.1) is 11.6 Å². The summed E-state index contributed by atoms with van der Waals surface area (Å²) < 4.78 is 41.4. The fourth-order valence-electron chi connectivity index (χ4n) is 4.24. The molecular formula is C24H28F2N6O4. The summed E-state index contributed by atoms with van der Waals surface area (Å²) in [6.07, 6.45) is 2.11. The molecule has 12 heteroatoms. The van der Waals surface area contributed by atoms with E-state index in [0.717, 1.165) is 0 Å². The van der Waals surface area contributed by atoms with Crippen LogP contribution in [0.3, 0.4) is 0 Å². The van der Waals surface area contributed by atoms with E-state index >= 15 is 0 Å². The van der Waals surface area contributed by atoms with E-state index < -0.39 is 17.5 Å². The predicted molar refractivity (Wildman–Crippen MR) is 126 cm³/mol. The Morgan fingerprint density at radius 2 is 1.97 bits per heavy atom. The van der Waals surface area contributed by atoms with Gasteiger partial charge in [-0.1, -0.05) is 5.21 Å². The van der Waals surface area contributed by atoms with Crippen LogP contribution in [-0.4, -0.2) is 76.3 Å². The number of carbonyl (C=O) groups is 2. The van der Waals surface area contributed by atoms with Gasteiger partial charge in [0.2, 0.25) is 0 Å². The van der Waals surface area contributed by atoms with Crippen LogP contribution in [0.25, 0.3) is 22.3 Å². The van der Waals surface area contributed by atoms with Crippen molar-refractivity contribution in [1.29, 1.82) is 0 Å². The first-order valence-electron chi connectivity index (χ1n) is 11.8. The minimum Gasteiger partial charge on any atom is -0.444 e. The molecule has 3 heterocycles. The number of fused-ring (bicyclic) bond motifs is 1. The van der Waals surface area contributed by atoms with Crippen LogP contribution in [0.1, 0.15) is 43.1 Å². The molecule has 2 aromatic heterocycles. The third-order valence-electron chi connectivity index (χ3n) is 6.07. The maximum Gasteiger partial charge on any atom is 0.410 e. The quantitative estimate of drug-likeness (QED) is 0.528. The van der Waals surface area contributed by atoms with Crippen LogP contribution < -0.4 is 5.32 Å². The number of hydrogen-bond acceptors (Lipinski definition) is 7. The first-order chi connectivity index (χ1) is 17.3. The molecule has 10 nitrogen and oxygen atoms in total. The Kier molecular flexibility index (Phi) is 7.73. The van der Waals surface area contributed by atoms with E-state index in [0.29, 0.717) is 50.1 Å². The summed E-state index contributed by atoms with van der Waals surface area (Å²) >= 11 is 0. The molecule has 2 amide bonds. The summed E-state index contributed by atoms with van der Waals surface area (Å²) in [4.78, 5) is 30.2. The SMILES string of the molecule is CCNC(=O)c1ccc(-c2cc3nnn(C4CCN(C(=O)OC(C)COC)CC4)c3cn2)c(F)c1F. The van der Waals surface area contributed by atoms with Gasteiger partial charge in [-0.3, -0.25) is 9.78 Å². The van der Waals surface area contributed by atoms with Gasteiger partial charge in [0.1, 0.15) is 17.1 Å². The molecular weight excluding hydrogens is 474 g/mol. The molecule has 36 heavy (non-hydrogen) atoms. The third-order valence-corrected chi connectivity index (χ3v) is 6.07. The van der Waals surface area contributed by atoms with E-state index in [2.05, 4.69) is 20.6 Å². The van der Waals surface area contributed by atoms with Crippen molar-refractivity contribution in [1.82, 2.24) is 30.2 Å². The van der Waals surface area contributed by atoms with Crippen molar-refractivity contribution in [3.05, 3.63) is 41.6 Å². The Hall–Kier alpha value is -3.67. The molecule has 1 N–H and O–H groups in total. The molecule has 0 spiro atoms. The molecule has 1 atom stereocenters.